The van der Waals surface area contributed by atoms with E-state index in [-0.39, 0.29) is 251 Å². The number of cyclic esters (lactones) is 1. The van der Waals surface area contributed by atoms with E-state index in [1.807, 2.05) is 25.7 Å². The average Bonchev–Trinajstić information content (AvgIpc) is 3.66. The number of nitrogens with zero attached hydrogens (tertiary/aromatic N) is 2. The van der Waals surface area contributed by atoms with Gasteiger partial charge in [0.05, 0.1) is 0 Å². The van der Waals surface area contributed by atoms with Crippen molar-refractivity contribution in [1.29, 1.82) is 0 Å². The van der Waals surface area contributed by atoms with Crippen molar-refractivity contribution in [3.8, 4) is 0 Å². The zero-order chi connectivity index (χ0) is 34.0. The number of amides is 1. The Morgan fingerprint density at radius 3 is 1.29 bits per heavy atom. The molecule has 0 aliphatic carbocycles. The summed E-state index contributed by atoms with van der Waals surface area (Å²) in [6.07, 6.45) is 0. The third-order valence-electron chi connectivity index (χ3n) is 9.80. The molecule has 0 aromatic heterocycles. The van der Waals surface area contributed by atoms with Gasteiger partial charge in [-0.05, 0) is 40.8 Å². The zero-order valence-electron chi connectivity index (χ0n) is 35.5. The van der Waals surface area contributed by atoms with Crippen molar-refractivity contribution in [3.63, 3.8) is 0 Å². The fourth-order valence-electron chi connectivity index (χ4n) is 6.97. The van der Waals surface area contributed by atoms with Crippen LogP contribution in [0.2, 0.25) is 0 Å². The van der Waals surface area contributed by atoms with Crippen LogP contribution in [-0.4, -0.2) is 73.2 Å². The Bertz CT molecular complexity index is 859. The molecule has 4 aliphatic heterocycles. The zero-order valence-corrected chi connectivity index (χ0v) is 55.2. The van der Waals surface area contributed by atoms with Gasteiger partial charge in [0, 0.05) is 18.7 Å². The maximum atomic E-state index is 11.9. The number of esters is 1. The molecule has 0 spiro atoms. The molecule has 4 saturated heterocycles. The predicted molar refractivity (Wildman–Crippen MR) is 184 cm³/mol. The van der Waals surface area contributed by atoms with Crippen LogP contribution in [0.5, 0.6) is 0 Å². The molecule has 4 unspecified atom stereocenters. The average molecular weight is 961 g/mol. The monoisotopic (exact) mass is 958 g/mol. The summed E-state index contributed by atoms with van der Waals surface area (Å²) in [6.45, 7) is 40.5. The van der Waals surface area contributed by atoms with E-state index in [1.165, 1.54) is 30.8 Å². The van der Waals surface area contributed by atoms with Gasteiger partial charge in [0.25, 0.3) is 5.97 Å². The number of hydrogen-bond acceptors (Lipinski definition) is 5. The Morgan fingerprint density at radius 2 is 1.08 bits per heavy atom. The quantitative estimate of drug-likeness (QED) is 0.201. The molecule has 4 rings (SSSR count). The molecule has 0 saturated carbocycles. The predicted octanol–water partition coefficient (Wildman–Crippen LogP) is -4.01. The van der Waals surface area contributed by atoms with Crippen molar-refractivity contribution >= 4 is 11.9 Å². The van der Waals surface area contributed by atoms with E-state index in [4.69, 9.17) is 9.47 Å². The molecule has 0 N–H and O–H groups in total. The molecule has 0 aromatic rings. The minimum atomic E-state index is -0.0486. The van der Waals surface area contributed by atoms with E-state index in [0.717, 1.165) is 43.4 Å². The second-order valence-corrected chi connectivity index (χ2v) is 15.7. The Kier molecular flexibility index (Phi) is 39.3. The van der Waals surface area contributed by atoms with Crippen LogP contribution in [0.15, 0.2) is 0 Å². The van der Waals surface area contributed by atoms with E-state index in [1.54, 1.807) is 5.92 Å². The maximum absolute atomic E-state index is 11.9. The Hall–Kier alpha value is 6.08. The Balaban J connectivity index is -0.000000264. The maximum Gasteiger partial charge on any atom is 1.00 e. The molecule has 4 heterocycles. The van der Waals surface area contributed by atoms with Crippen molar-refractivity contribution in [1.82, 2.24) is 9.80 Å². The summed E-state index contributed by atoms with van der Waals surface area (Å²) in [6, 6.07) is 1.05. The third kappa shape index (κ3) is 20.7. The van der Waals surface area contributed by atoms with E-state index in [2.05, 4.69) is 94.9 Å². The van der Waals surface area contributed by atoms with Crippen LogP contribution in [0.25, 0.3) is 0 Å². The van der Waals surface area contributed by atoms with Crippen molar-refractivity contribution < 1.29 is 252 Å². The van der Waals surface area contributed by atoms with E-state index in [9.17, 15) is 9.59 Å². The van der Waals surface area contributed by atoms with Gasteiger partial charge < -0.3 is 19.3 Å². The Labute approximate surface area is 494 Å². The number of carbonyl (C=O) groups is 2. The van der Waals surface area contributed by atoms with Gasteiger partial charge in [-0.15, -0.1) is 24.9 Å². The molecule has 0 aromatic carbocycles. The molecule has 4 fully saturated rings. The van der Waals surface area contributed by atoms with Crippen LogP contribution in [-0.2, 0) is 19.1 Å². The summed E-state index contributed by atoms with van der Waals surface area (Å²) in [5.41, 5.74) is 0. The van der Waals surface area contributed by atoms with Crippen LogP contribution < -0.4 is 233 Å². The number of ether oxygens (including phenoxy) is 2. The van der Waals surface area contributed by atoms with Crippen LogP contribution in [0.4, 0.5) is 0 Å². The van der Waals surface area contributed by atoms with Crippen molar-refractivity contribution in [2.75, 3.05) is 39.5 Å². The summed E-state index contributed by atoms with van der Waals surface area (Å²) >= 11 is 0. The Morgan fingerprint density at radius 1 is 0.583 bits per heavy atom. The first-order valence-electron chi connectivity index (χ1n) is 17.4. The van der Waals surface area contributed by atoms with Gasteiger partial charge in [-0.1, -0.05) is 97.5 Å². The van der Waals surface area contributed by atoms with Gasteiger partial charge in [-0.3, -0.25) is 33.3 Å². The molecule has 260 valence electrons. The summed E-state index contributed by atoms with van der Waals surface area (Å²) in [7, 11) is 0. The van der Waals surface area contributed by atoms with Gasteiger partial charge in [-0.2, -0.15) is 27.7 Å². The first-order valence-corrected chi connectivity index (χ1v) is 17.4. The SMILES string of the molecule is C[C-]1CN(C(C)C)C(=O)C1C(C)C.C[C-]1CN(C(C)C)CC1C(C)C.C[C-]1COC(=O)C1C(C)C.C[C-]1COCC1C(C)C.[Rb+].[Rb+].[Rb+].[Rb+]. The minimum absolute atomic E-state index is 0. The van der Waals surface area contributed by atoms with E-state index >= 15 is 0 Å². The van der Waals surface area contributed by atoms with Crippen molar-refractivity contribution in [2.45, 2.75) is 123 Å². The fourth-order valence-corrected chi connectivity index (χ4v) is 6.97. The second kappa shape index (κ2) is 31.1. The second-order valence-electron chi connectivity index (χ2n) is 15.7. The smallest absolute Gasteiger partial charge is 0.500 e. The topological polar surface area (TPSA) is 59.1 Å². The summed E-state index contributed by atoms with van der Waals surface area (Å²) in [5.74, 6) is 10.2. The summed E-state index contributed by atoms with van der Waals surface area (Å²) < 4.78 is 10.2. The number of carbonyl (C=O) groups excluding carboxylic acids is 2. The fraction of sp³-hybridized carbons (Fsp3) is 0.842. The van der Waals surface area contributed by atoms with Crippen molar-refractivity contribution in [2.24, 2.45) is 47.3 Å². The van der Waals surface area contributed by atoms with Gasteiger partial charge in [-0.25, -0.2) is 0 Å². The van der Waals surface area contributed by atoms with Crippen LogP contribution in [0, 0.1) is 71.0 Å². The van der Waals surface area contributed by atoms with Gasteiger partial charge in [0.15, 0.2) is 5.91 Å². The molecule has 1 amide bonds. The summed E-state index contributed by atoms with van der Waals surface area (Å²) in [5, 5.41) is 0. The molecule has 0 bridgehead atoms. The molecule has 0 radical (unpaired) electrons. The van der Waals surface area contributed by atoms with E-state index in [0.29, 0.717) is 36.4 Å². The number of likely N-dealkylation sites (tertiary alicyclic amines) is 2. The first kappa shape index (κ1) is 60.8. The van der Waals surface area contributed by atoms with Crippen molar-refractivity contribution in [3.05, 3.63) is 23.7 Å². The van der Waals surface area contributed by atoms with Gasteiger partial charge in [0.1, 0.15) is 0 Å². The molecular formula is C38H70N2O4Rb4. The van der Waals surface area contributed by atoms with Crippen LogP contribution in [0.3, 0.4) is 0 Å². The minimum Gasteiger partial charge on any atom is -0.500 e. The molecule has 48 heavy (non-hydrogen) atoms. The van der Waals surface area contributed by atoms with Gasteiger partial charge in [0.2, 0.25) is 0 Å². The third-order valence-corrected chi connectivity index (χ3v) is 9.80. The standard InChI is InChI=1S/C11H20NO.C11H22N.C8H13O2.C8H15O.4Rb/c1-7(2)10-9(5)6-12(8(3)4)11(10)13;1-8(2)11-7-12(9(3)4)6-10(11)5;1-5(2)7-6(3)4-10-8(7)9;1-6(2)8-5-9-4-7(8)3;;;;/h7-8,10H,6H2,1-5H3;8-9,11H,6-7H2,1-5H3;5,7H,4H2,1-3H3;6,8H,4-5H2,1-3H3;;;;/q4*-1;4*+1. The van der Waals surface area contributed by atoms with Crippen LogP contribution >= 0.6 is 0 Å². The largest absolute Gasteiger partial charge is 1.00 e. The molecule has 4 aliphatic rings. The molecule has 10 heteroatoms. The molecular weight excluding hydrogens is 890 g/mol. The first-order chi connectivity index (χ1) is 20.3. The molecule has 4 atom stereocenters. The van der Waals surface area contributed by atoms with Gasteiger partial charge >= 0.3 is 233 Å². The summed E-state index contributed by atoms with van der Waals surface area (Å²) in [4.78, 5) is 27.4. The number of hydrogen-bond donors (Lipinski definition) is 0. The number of rotatable bonds is 6. The van der Waals surface area contributed by atoms with E-state index < -0.39 is 0 Å². The molecule has 6 nitrogen and oxygen atoms in total. The van der Waals surface area contributed by atoms with Crippen LogP contribution in [0.1, 0.15) is 111 Å². The normalized spacial score (nSPS) is 25.2.